The number of carbonyl (C=O) groups excluding carboxylic acids is 2. The van der Waals surface area contributed by atoms with E-state index >= 15 is 0 Å². The van der Waals surface area contributed by atoms with Gasteiger partial charge in [0.25, 0.3) is 0 Å². The summed E-state index contributed by atoms with van der Waals surface area (Å²) in [6.07, 6.45) is 6.88. The number of ether oxygens (including phenoxy) is 1. The molecule has 0 saturated carbocycles. The standard InChI is InChI=1S/C23H30N4O3/c1-26-21-11-5-10-20(19(21)15-24-26)25-23(29)17-7-6-13-27(16-17)22(28)12-14-30-18-8-3-2-4-9-18/h2-4,8-9,15,17,20H,5-7,10-14,16H2,1H3,(H,25,29). The highest BCUT2D eigenvalue weighted by Gasteiger charge is 2.31. The molecule has 1 aliphatic heterocycles. The van der Waals surface area contributed by atoms with Gasteiger partial charge in [0.15, 0.2) is 0 Å². The zero-order chi connectivity index (χ0) is 20.9. The number of para-hydroxylation sites is 1. The first kappa shape index (κ1) is 20.4. The summed E-state index contributed by atoms with van der Waals surface area (Å²) in [6.45, 7) is 1.55. The molecule has 2 amide bonds. The van der Waals surface area contributed by atoms with Gasteiger partial charge in [-0.1, -0.05) is 18.2 Å². The smallest absolute Gasteiger partial charge is 0.226 e. The van der Waals surface area contributed by atoms with Crippen LogP contribution in [0.3, 0.4) is 0 Å². The molecule has 0 bridgehead atoms. The van der Waals surface area contributed by atoms with Crippen molar-refractivity contribution >= 4 is 11.8 Å². The Hall–Kier alpha value is -2.83. The van der Waals surface area contributed by atoms with Crippen molar-refractivity contribution in [3.63, 3.8) is 0 Å². The van der Waals surface area contributed by atoms with Gasteiger partial charge in [-0.2, -0.15) is 5.10 Å². The summed E-state index contributed by atoms with van der Waals surface area (Å²) in [6, 6.07) is 9.53. The Morgan fingerprint density at radius 2 is 2.03 bits per heavy atom. The van der Waals surface area contributed by atoms with Gasteiger partial charge < -0.3 is 15.0 Å². The molecule has 1 N–H and O–H groups in total. The minimum absolute atomic E-state index is 0.0281. The van der Waals surface area contributed by atoms with Crippen LogP contribution < -0.4 is 10.1 Å². The SMILES string of the molecule is Cn1ncc2c1CCCC2NC(=O)C1CCCN(C(=O)CCOc2ccccc2)C1. The van der Waals surface area contributed by atoms with Crippen LogP contribution in [0.2, 0.25) is 0 Å². The monoisotopic (exact) mass is 410 g/mol. The minimum atomic E-state index is -0.153. The Labute approximate surface area is 177 Å². The molecule has 2 aliphatic rings. The fourth-order valence-electron chi connectivity index (χ4n) is 4.49. The van der Waals surface area contributed by atoms with Crippen LogP contribution in [0, 0.1) is 5.92 Å². The predicted octanol–water partition coefficient (Wildman–Crippen LogP) is 2.62. The van der Waals surface area contributed by atoms with Crippen molar-refractivity contribution < 1.29 is 14.3 Å². The van der Waals surface area contributed by atoms with E-state index in [9.17, 15) is 9.59 Å². The van der Waals surface area contributed by atoms with E-state index in [2.05, 4.69) is 10.4 Å². The highest BCUT2D eigenvalue weighted by Crippen LogP contribution is 2.30. The normalized spacial score (nSPS) is 21.0. The van der Waals surface area contributed by atoms with Gasteiger partial charge in [0.2, 0.25) is 11.8 Å². The number of aryl methyl sites for hydroxylation is 1. The number of aromatic nitrogens is 2. The van der Waals surface area contributed by atoms with E-state index in [0.29, 0.717) is 26.1 Å². The van der Waals surface area contributed by atoms with Crippen LogP contribution in [-0.2, 0) is 23.1 Å². The number of rotatable bonds is 6. The zero-order valence-electron chi connectivity index (χ0n) is 17.5. The van der Waals surface area contributed by atoms with Crippen molar-refractivity contribution in [1.82, 2.24) is 20.0 Å². The average molecular weight is 411 g/mol. The molecule has 7 heteroatoms. The number of carbonyl (C=O) groups is 2. The lowest BCUT2D eigenvalue weighted by molar-refractivity contribution is -0.136. The van der Waals surface area contributed by atoms with Crippen LogP contribution in [0.1, 0.15) is 49.4 Å². The second kappa shape index (κ2) is 9.32. The van der Waals surface area contributed by atoms with Crippen molar-refractivity contribution in [2.45, 2.75) is 44.6 Å². The number of amides is 2. The molecule has 0 radical (unpaired) electrons. The summed E-state index contributed by atoms with van der Waals surface area (Å²) in [5, 5.41) is 7.58. The Kier molecular flexibility index (Phi) is 6.35. The summed E-state index contributed by atoms with van der Waals surface area (Å²) in [4.78, 5) is 27.4. The first-order valence-corrected chi connectivity index (χ1v) is 10.9. The van der Waals surface area contributed by atoms with Crippen LogP contribution >= 0.6 is 0 Å². The third-order valence-corrected chi connectivity index (χ3v) is 6.16. The van der Waals surface area contributed by atoms with Gasteiger partial charge in [-0.3, -0.25) is 14.3 Å². The van der Waals surface area contributed by atoms with Gasteiger partial charge in [0.1, 0.15) is 5.75 Å². The number of nitrogens with one attached hydrogen (secondary N) is 1. The number of fused-ring (bicyclic) bond motifs is 1. The van der Waals surface area contributed by atoms with Gasteiger partial charge in [-0.25, -0.2) is 0 Å². The minimum Gasteiger partial charge on any atom is -0.493 e. The van der Waals surface area contributed by atoms with E-state index in [1.807, 2.05) is 53.2 Å². The van der Waals surface area contributed by atoms with Gasteiger partial charge in [-0.15, -0.1) is 0 Å². The first-order valence-electron chi connectivity index (χ1n) is 10.9. The third-order valence-electron chi connectivity index (χ3n) is 6.16. The molecule has 2 heterocycles. The molecular weight excluding hydrogens is 380 g/mol. The van der Waals surface area contributed by atoms with Crippen molar-refractivity contribution in [1.29, 1.82) is 0 Å². The molecule has 30 heavy (non-hydrogen) atoms. The molecule has 2 atom stereocenters. The molecule has 1 fully saturated rings. The maximum absolute atomic E-state index is 12.9. The van der Waals surface area contributed by atoms with Crippen LogP contribution in [-0.4, -0.2) is 46.2 Å². The number of piperidine rings is 1. The molecule has 160 valence electrons. The summed E-state index contributed by atoms with van der Waals surface area (Å²) >= 11 is 0. The van der Waals surface area contributed by atoms with Crippen molar-refractivity contribution in [3.05, 3.63) is 47.8 Å². The van der Waals surface area contributed by atoms with Crippen molar-refractivity contribution in [2.75, 3.05) is 19.7 Å². The van der Waals surface area contributed by atoms with E-state index in [4.69, 9.17) is 4.74 Å². The summed E-state index contributed by atoms with van der Waals surface area (Å²) in [5.74, 6) is 0.716. The molecular formula is C23H30N4O3. The molecule has 0 spiro atoms. The summed E-state index contributed by atoms with van der Waals surface area (Å²) in [7, 11) is 1.95. The second-order valence-electron chi connectivity index (χ2n) is 8.21. The average Bonchev–Trinajstić information content (AvgIpc) is 3.16. The fraction of sp³-hybridized carbons (Fsp3) is 0.522. The van der Waals surface area contributed by atoms with Gasteiger partial charge in [0, 0.05) is 31.4 Å². The van der Waals surface area contributed by atoms with E-state index in [-0.39, 0.29) is 23.8 Å². The molecule has 1 aliphatic carbocycles. The molecule has 4 rings (SSSR count). The Bertz CT molecular complexity index is 880. The Morgan fingerprint density at radius 1 is 1.20 bits per heavy atom. The number of likely N-dealkylation sites (tertiary alicyclic amines) is 1. The number of hydrogen-bond acceptors (Lipinski definition) is 4. The molecule has 1 saturated heterocycles. The topological polar surface area (TPSA) is 76.5 Å². The lowest BCUT2D eigenvalue weighted by atomic mass is 9.91. The van der Waals surface area contributed by atoms with Crippen LogP contribution in [0.5, 0.6) is 5.75 Å². The third kappa shape index (κ3) is 4.66. The van der Waals surface area contributed by atoms with Gasteiger partial charge >= 0.3 is 0 Å². The van der Waals surface area contributed by atoms with E-state index in [1.165, 1.54) is 5.69 Å². The Balaban J connectivity index is 1.28. The molecule has 1 aromatic heterocycles. The maximum Gasteiger partial charge on any atom is 0.226 e. The summed E-state index contributed by atoms with van der Waals surface area (Å²) < 4.78 is 7.55. The maximum atomic E-state index is 12.9. The van der Waals surface area contributed by atoms with Gasteiger partial charge in [-0.05, 0) is 44.2 Å². The predicted molar refractivity (Wildman–Crippen MR) is 113 cm³/mol. The molecule has 2 unspecified atom stereocenters. The largest absolute Gasteiger partial charge is 0.493 e. The fourth-order valence-corrected chi connectivity index (χ4v) is 4.49. The van der Waals surface area contributed by atoms with E-state index in [1.54, 1.807) is 0 Å². The quantitative estimate of drug-likeness (QED) is 0.794. The highest BCUT2D eigenvalue weighted by molar-refractivity contribution is 5.81. The molecule has 2 aromatic rings. The van der Waals surface area contributed by atoms with E-state index < -0.39 is 0 Å². The lowest BCUT2D eigenvalue weighted by Gasteiger charge is -2.33. The Morgan fingerprint density at radius 3 is 2.87 bits per heavy atom. The first-order chi connectivity index (χ1) is 14.6. The number of hydrogen-bond donors (Lipinski definition) is 1. The van der Waals surface area contributed by atoms with Crippen molar-refractivity contribution in [2.24, 2.45) is 13.0 Å². The lowest BCUT2D eigenvalue weighted by Crippen LogP contribution is -2.46. The van der Waals surface area contributed by atoms with Crippen LogP contribution in [0.4, 0.5) is 0 Å². The molecule has 7 nitrogen and oxygen atoms in total. The highest BCUT2D eigenvalue weighted by atomic mass is 16.5. The zero-order valence-corrected chi connectivity index (χ0v) is 17.5. The summed E-state index contributed by atoms with van der Waals surface area (Å²) in [5.41, 5.74) is 2.35. The van der Waals surface area contributed by atoms with E-state index in [0.717, 1.165) is 43.4 Å². The van der Waals surface area contributed by atoms with Crippen molar-refractivity contribution in [3.8, 4) is 5.75 Å². The number of benzene rings is 1. The number of nitrogens with zero attached hydrogens (tertiary/aromatic N) is 3. The second-order valence-corrected chi connectivity index (χ2v) is 8.21. The molecule has 1 aromatic carbocycles. The van der Waals surface area contributed by atoms with Crippen LogP contribution in [0.25, 0.3) is 0 Å². The van der Waals surface area contributed by atoms with Crippen LogP contribution in [0.15, 0.2) is 36.5 Å². The van der Waals surface area contributed by atoms with Gasteiger partial charge in [0.05, 0.1) is 31.2 Å².